The Labute approximate surface area is 175 Å². The quantitative estimate of drug-likeness (QED) is 0.643. The van der Waals surface area contributed by atoms with Crippen LogP contribution in [0.1, 0.15) is 39.9 Å². The topological polar surface area (TPSA) is 121 Å². The summed E-state index contributed by atoms with van der Waals surface area (Å²) < 4.78 is 50.8. The molecule has 0 bridgehead atoms. The van der Waals surface area contributed by atoms with E-state index in [0.29, 0.717) is 30.2 Å². The van der Waals surface area contributed by atoms with Gasteiger partial charge in [0.2, 0.25) is 0 Å². The molecule has 2 heterocycles. The Kier molecular flexibility index (Phi) is 5.45. The smallest absolute Gasteiger partial charge is 0.438 e. The van der Waals surface area contributed by atoms with Crippen molar-refractivity contribution in [2.45, 2.75) is 57.3 Å². The van der Waals surface area contributed by atoms with E-state index in [1.807, 2.05) is 13.8 Å². The number of ether oxygens (including phenoxy) is 1. The number of nitrogens with one attached hydrogen (secondary N) is 2. The molecular weight excluding hydrogens is 421 g/mol. The van der Waals surface area contributed by atoms with E-state index in [-0.39, 0.29) is 16.7 Å². The Balaban J connectivity index is 1.82. The van der Waals surface area contributed by atoms with Gasteiger partial charge in [0.1, 0.15) is 17.4 Å². The highest BCUT2D eigenvalue weighted by atomic mass is 19.4. The molecule has 1 aromatic heterocycles. The van der Waals surface area contributed by atoms with Crippen LogP contribution in [0.4, 0.5) is 29.3 Å². The molecule has 1 aliphatic heterocycles. The first-order valence-electron chi connectivity index (χ1n) is 9.43. The maximum absolute atomic E-state index is 13.4. The highest BCUT2D eigenvalue weighted by Gasteiger charge is 2.54. The molecule has 12 heteroatoms. The summed E-state index contributed by atoms with van der Waals surface area (Å²) in [6, 6.07) is 4.01. The van der Waals surface area contributed by atoms with Gasteiger partial charge < -0.3 is 15.2 Å². The zero-order valence-electron chi connectivity index (χ0n) is 17.3. The van der Waals surface area contributed by atoms with Gasteiger partial charge >= 0.3 is 18.0 Å². The number of hydrogen-bond donors (Lipinski definition) is 3. The standard InChI is InChI=1S/C19H23F3N4O5/c1-17(2,14-24-15(27)31-25-14)8-11-9-23-12-7-10(5-6-13(12)30-11)26(16(28)29)18(3,4)19(20,21)22/h5-7,11,23H,8-9H2,1-4H3,(H,28,29)(H,24,25,27)/t11-/m1/s1. The van der Waals surface area contributed by atoms with Gasteiger partial charge in [-0.1, -0.05) is 19.0 Å². The number of fused-ring (bicyclic) bond motifs is 1. The van der Waals surface area contributed by atoms with Crippen LogP contribution in [0.25, 0.3) is 0 Å². The lowest BCUT2D eigenvalue weighted by molar-refractivity contribution is -0.175. The lowest BCUT2D eigenvalue weighted by Gasteiger charge is -2.38. The number of carbonyl (C=O) groups is 1. The van der Waals surface area contributed by atoms with Gasteiger partial charge in [-0.15, -0.1) is 0 Å². The number of rotatable bonds is 5. The van der Waals surface area contributed by atoms with E-state index >= 15 is 0 Å². The lowest BCUT2D eigenvalue weighted by atomic mass is 9.85. The van der Waals surface area contributed by atoms with E-state index in [2.05, 4.69) is 20.0 Å². The first-order chi connectivity index (χ1) is 14.2. The van der Waals surface area contributed by atoms with E-state index in [1.54, 1.807) is 0 Å². The summed E-state index contributed by atoms with van der Waals surface area (Å²) in [6.07, 6.45) is -6.38. The van der Waals surface area contributed by atoms with Crippen molar-refractivity contribution in [1.29, 1.82) is 0 Å². The van der Waals surface area contributed by atoms with Crippen molar-refractivity contribution in [2.24, 2.45) is 0 Å². The summed E-state index contributed by atoms with van der Waals surface area (Å²) in [5.74, 6) is 0.0849. The van der Waals surface area contributed by atoms with Crippen LogP contribution < -0.4 is 20.7 Å². The van der Waals surface area contributed by atoms with Crippen LogP contribution in [0.3, 0.4) is 0 Å². The normalized spacial score (nSPS) is 16.8. The first-order valence-corrected chi connectivity index (χ1v) is 9.43. The molecule has 0 aliphatic carbocycles. The first kappa shape index (κ1) is 22.5. The van der Waals surface area contributed by atoms with Crippen molar-refractivity contribution in [3.63, 3.8) is 0 Å². The fourth-order valence-corrected chi connectivity index (χ4v) is 3.44. The number of nitrogens with zero attached hydrogens (tertiary/aromatic N) is 2. The summed E-state index contributed by atoms with van der Waals surface area (Å²) in [7, 11) is 0. The van der Waals surface area contributed by atoms with Gasteiger partial charge in [0.15, 0.2) is 5.82 Å². The largest absolute Gasteiger partial charge is 0.486 e. The summed E-state index contributed by atoms with van der Waals surface area (Å²) >= 11 is 0. The minimum atomic E-state index is -4.77. The number of alkyl halides is 3. The molecule has 0 spiro atoms. The lowest BCUT2D eigenvalue weighted by Crippen LogP contribution is -2.57. The molecule has 9 nitrogen and oxygen atoms in total. The van der Waals surface area contributed by atoms with Gasteiger partial charge in [-0.3, -0.25) is 14.4 Å². The van der Waals surface area contributed by atoms with Gasteiger partial charge in [-0.25, -0.2) is 9.59 Å². The Bertz CT molecular complexity index is 1030. The number of H-pyrrole nitrogens is 1. The van der Waals surface area contributed by atoms with Gasteiger partial charge in [0, 0.05) is 5.41 Å². The average Bonchev–Trinajstić information content (AvgIpc) is 3.07. The molecule has 1 aromatic carbocycles. The molecule has 31 heavy (non-hydrogen) atoms. The number of benzene rings is 1. The van der Waals surface area contributed by atoms with Crippen molar-refractivity contribution in [2.75, 3.05) is 16.8 Å². The Morgan fingerprint density at radius 2 is 1.97 bits per heavy atom. The zero-order chi connectivity index (χ0) is 23.2. The van der Waals surface area contributed by atoms with Gasteiger partial charge in [0.05, 0.1) is 17.9 Å². The Morgan fingerprint density at radius 3 is 2.52 bits per heavy atom. The second-order valence-electron chi connectivity index (χ2n) is 8.51. The fourth-order valence-electron chi connectivity index (χ4n) is 3.44. The van der Waals surface area contributed by atoms with E-state index in [4.69, 9.17) is 4.74 Å². The monoisotopic (exact) mass is 444 g/mol. The third-order valence-electron chi connectivity index (χ3n) is 5.30. The molecule has 0 radical (unpaired) electrons. The van der Waals surface area contributed by atoms with Crippen LogP contribution in [0.2, 0.25) is 0 Å². The number of hydrogen-bond acceptors (Lipinski definition) is 6. The van der Waals surface area contributed by atoms with Crippen molar-refractivity contribution in [1.82, 2.24) is 10.1 Å². The third-order valence-corrected chi connectivity index (χ3v) is 5.30. The van der Waals surface area contributed by atoms with E-state index in [1.165, 1.54) is 18.2 Å². The molecule has 0 saturated heterocycles. The zero-order valence-corrected chi connectivity index (χ0v) is 17.3. The molecule has 0 saturated carbocycles. The molecule has 1 atom stereocenters. The number of aromatic amines is 1. The van der Waals surface area contributed by atoms with Crippen molar-refractivity contribution < 1.29 is 32.3 Å². The van der Waals surface area contributed by atoms with Gasteiger partial charge in [0.25, 0.3) is 0 Å². The molecule has 3 N–H and O–H groups in total. The van der Waals surface area contributed by atoms with E-state index in [9.17, 15) is 27.9 Å². The average molecular weight is 444 g/mol. The maximum Gasteiger partial charge on any atom is 0.438 e. The minimum absolute atomic E-state index is 0.136. The molecule has 1 aliphatic rings. The second kappa shape index (κ2) is 7.50. The van der Waals surface area contributed by atoms with Crippen molar-refractivity contribution in [3.8, 4) is 5.75 Å². The predicted molar refractivity (Wildman–Crippen MR) is 105 cm³/mol. The summed E-state index contributed by atoms with van der Waals surface area (Å²) in [6.45, 7) is 5.63. The minimum Gasteiger partial charge on any atom is -0.486 e. The number of carboxylic acid groups (broad SMARTS) is 1. The third kappa shape index (κ3) is 4.32. The highest BCUT2D eigenvalue weighted by Crippen LogP contribution is 2.41. The number of amides is 1. The van der Waals surface area contributed by atoms with Gasteiger partial charge in [-0.2, -0.15) is 13.2 Å². The maximum atomic E-state index is 13.4. The number of anilines is 2. The van der Waals surface area contributed by atoms with E-state index < -0.39 is 29.0 Å². The number of halogens is 3. The Hall–Kier alpha value is -3.18. The molecule has 2 aromatic rings. The highest BCUT2D eigenvalue weighted by molar-refractivity contribution is 5.89. The molecule has 1 amide bonds. The summed E-state index contributed by atoms with van der Waals surface area (Å²) in [5, 5.41) is 16.2. The summed E-state index contributed by atoms with van der Waals surface area (Å²) in [5.41, 5.74) is -2.97. The molecule has 170 valence electrons. The van der Waals surface area contributed by atoms with Crippen LogP contribution in [0.5, 0.6) is 5.75 Å². The van der Waals surface area contributed by atoms with Crippen LogP contribution in [0.15, 0.2) is 27.5 Å². The molecule has 0 unspecified atom stereocenters. The van der Waals surface area contributed by atoms with Gasteiger partial charge in [-0.05, 0) is 38.5 Å². The number of aromatic nitrogens is 2. The second-order valence-corrected chi connectivity index (χ2v) is 8.51. The van der Waals surface area contributed by atoms with Crippen LogP contribution in [-0.2, 0) is 5.41 Å². The van der Waals surface area contributed by atoms with Crippen LogP contribution in [-0.4, -0.2) is 45.7 Å². The van der Waals surface area contributed by atoms with Crippen LogP contribution in [0, 0.1) is 0 Å². The molecular formula is C19H23F3N4O5. The molecule has 3 rings (SSSR count). The molecule has 0 fully saturated rings. The predicted octanol–water partition coefficient (Wildman–Crippen LogP) is 3.73. The van der Waals surface area contributed by atoms with Crippen molar-refractivity contribution in [3.05, 3.63) is 34.6 Å². The van der Waals surface area contributed by atoms with Crippen LogP contribution >= 0.6 is 0 Å². The fraction of sp³-hybridized carbons (Fsp3) is 0.526. The van der Waals surface area contributed by atoms with E-state index in [0.717, 1.165) is 13.8 Å². The summed E-state index contributed by atoms with van der Waals surface area (Å²) in [4.78, 5) is 25.7. The Morgan fingerprint density at radius 1 is 1.29 bits per heavy atom. The SMILES string of the molecule is CC(C)(C[C@@H]1CNc2cc(N(C(=O)O)C(C)(C)C(F)(F)F)ccc2O1)c1noc(=O)[nH]1. The van der Waals surface area contributed by atoms with Crippen molar-refractivity contribution >= 4 is 17.5 Å².